The second-order valence-corrected chi connectivity index (χ2v) is 5.40. The molecule has 1 fully saturated rings. The van der Waals surface area contributed by atoms with Gasteiger partial charge in [-0.05, 0) is 45.4 Å². The van der Waals surface area contributed by atoms with E-state index in [1.54, 1.807) is 0 Å². The minimum atomic E-state index is 0.0869. The van der Waals surface area contributed by atoms with Crippen LogP contribution in [0.2, 0.25) is 0 Å². The maximum absolute atomic E-state index is 11.3. The van der Waals surface area contributed by atoms with Crippen molar-refractivity contribution in [2.75, 3.05) is 39.8 Å². The van der Waals surface area contributed by atoms with Crippen LogP contribution in [0.5, 0.6) is 0 Å². The summed E-state index contributed by atoms with van der Waals surface area (Å²) in [7, 11) is 2.19. The minimum absolute atomic E-state index is 0.0869. The quantitative estimate of drug-likeness (QED) is 0.673. The third-order valence-corrected chi connectivity index (χ3v) is 3.40. The van der Waals surface area contributed by atoms with Gasteiger partial charge in [0.1, 0.15) is 0 Å². The van der Waals surface area contributed by atoms with Crippen LogP contribution >= 0.6 is 0 Å². The summed E-state index contributed by atoms with van der Waals surface area (Å²) in [5.41, 5.74) is 0. The lowest BCUT2D eigenvalue weighted by Gasteiger charge is -2.29. The third-order valence-electron chi connectivity index (χ3n) is 3.40. The second-order valence-electron chi connectivity index (χ2n) is 5.40. The highest BCUT2D eigenvalue weighted by Crippen LogP contribution is 2.14. The molecule has 1 heterocycles. The summed E-state index contributed by atoms with van der Waals surface area (Å²) < 4.78 is 0. The van der Waals surface area contributed by atoms with Gasteiger partial charge in [-0.2, -0.15) is 0 Å². The molecule has 0 bridgehead atoms. The Bertz CT molecular complexity index is 223. The SMILES string of the molecule is CC(C)C(=O)NCCNCC1CCN(C)CC1. The Balaban J connectivity index is 1.96. The van der Waals surface area contributed by atoms with Gasteiger partial charge in [0.25, 0.3) is 0 Å². The van der Waals surface area contributed by atoms with E-state index in [0.717, 1.165) is 25.6 Å². The second kappa shape index (κ2) is 7.67. The highest BCUT2D eigenvalue weighted by atomic mass is 16.1. The number of carbonyl (C=O) groups excluding carboxylic acids is 1. The highest BCUT2D eigenvalue weighted by Gasteiger charge is 2.15. The van der Waals surface area contributed by atoms with Gasteiger partial charge in [0.05, 0.1) is 0 Å². The van der Waals surface area contributed by atoms with E-state index >= 15 is 0 Å². The van der Waals surface area contributed by atoms with E-state index in [-0.39, 0.29) is 11.8 Å². The van der Waals surface area contributed by atoms with Gasteiger partial charge in [0.15, 0.2) is 0 Å². The molecule has 0 saturated carbocycles. The fraction of sp³-hybridized carbons (Fsp3) is 0.923. The van der Waals surface area contributed by atoms with Crippen LogP contribution < -0.4 is 10.6 Å². The number of piperidine rings is 1. The molecule has 1 aliphatic heterocycles. The number of rotatable bonds is 6. The molecule has 17 heavy (non-hydrogen) atoms. The lowest BCUT2D eigenvalue weighted by atomic mass is 9.97. The Kier molecular flexibility index (Phi) is 6.52. The van der Waals surface area contributed by atoms with Gasteiger partial charge >= 0.3 is 0 Å². The summed E-state index contributed by atoms with van der Waals surface area (Å²) >= 11 is 0. The first-order valence-corrected chi connectivity index (χ1v) is 6.76. The fourth-order valence-electron chi connectivity index (χ4n) is 2.05. The zero-order valence-corrected chi connectivity index (χ0v) is 11.5. The van der Waals surface area contributed by atoms with E-state index in [1.807, 2.05) is 13.8 Å². The van der Waals surface area contributed by atoms with E-state index in [4.69, 9.17) is 0 Å². The molecule has 2 N–H and O–H groups in total. The predicted octanol–water partition coefficient (Wildman–Crippen LogP) is 0.690. The number of nitrogens with one attached hydrogen (secondary N) is 2. The van der Waals surface area contributed by atoms with Gasteiger partial charge in [0.2, 0.25) is 5.91 Å². The molecule has 0 aromatic rings. The highest BCUT2D eigenvalue weighted by molar-refractivity contribution is 5.77. The van der Waals surface area contributed by atoms with Crippen molar-refractivity contribution in [3.05, 3.63) is 0 Å². The largest absolute Gasteiger partial charge is 0.355 e. The van der Waals surface area contributed by atoms with Crippen molar-refractivity contribution in [3.8, 4) is 0 Å². The Morgan fingerprint density at radius 2 is 1.94 bits per heavy atom. The Hall–Kier alpha value is -0.610. The van der Waals surface area contributed by atoms with Crippen LogP contribution in [-0.2, 0) is 4.79 Å². The summed E-state index contributed by atoms with van der Waals surface area (Å²) in [4.78, 5) is 13.7. The molecule has 0 radical (unpaired) electrons. The van der Waals surface area contributed by atoms with Crippen molar-refractivity contribution in [2.24, 2.45) is 11.8 Å². The summed E-state index contributed by atoms with van der Waals surface area (Å²) in [6, 6.07) is 0. The number of hydrogen-bond acceptors (Lipinski definition) is 3. The van der Waals surface area contributed by atoms with Crippen molar-refractivity contribution in [1.29, 1.82) is 0 Å². The van der Waals surface area contributed by atoms with Gasteiger partial charge in [-0.1, -0.05) is 13.8 Å². The fourth-order valence-corrected chi connectivity index (χ4v) is 2.05. The smallest absolute Gasteiger partial charge is 0.222 e. The van der Waals surface area contributed by atoms with Crippen LogP contribution in [0, 0.1) is 11.8 Å². The summed E-state index contributed by atoms with van der Waals surface area (Å²) in [6.45, 7) is 8.98. The van der Waals surface area contributed by atoms with E-state index < -0.39 is 0 Å². The van der Waals surface area contributed by atoms with Crippen molar-refractivity contribution >= 4 is 5.91 Å². The number of nitrogens with zero attached hydrogens (tertiary/aromatic N) is 1. The average Bonchev–Trinajstić information content (AvgIpc) is 2.30. The minimum Gasteiger partial charge on any atom is -0.355 e. The molecular weight excluding hydrogens is 214 g/mol. The number of hydrogen-bond donors (Lipinski definition) is 2. The van der Waals surface area contributed by atoms with E-state index in [9.17, 15) is 4.79 Å². The van der Waals surface area contributed by atoms with E-state index in [1.165, 1.54) is 25.9 Å². The van der Waals surface area contributed by atoms with Crippen LogP contribution in [-0.4, -0.2) is 50.6 Å². The molecule has 1 saturated heterocycles. The first-order chi connectivity index (χ1) is 8.09. The molecule has 100 valence electrons. The predicted molar refractivity (Wildman–Crippen MR) is 70.9 cm³/mol. The Morgan fingerprint density at radius 3 is 2.53 bits per heavy atom. The van der Waals surface area contributed by atoms with Gasteiger partial charge in [-0.3, -0.25) is 4.79 Å². The van der Waals surface area contributed by atoms with Gasteiger partial charge < -0.3 is 15.5 Å². The molecule has 4 nitrogen and oxygen atoms in total. The zero-order valence-electron chi connectivity index (χ0n) is 11.5. The Labute approximate surface area is 105 Å². The van der Waals surface area contributed by atoms with Crippen LogP contribution in [0.15, 0.2) is 0 Å². The first-order valence-electron chi connectivity index (χ1n) is 6.76. The topological polar surface area (TPSA) is 44.4 Å². The van der Waals surface area contributed by atoms with E-state index in [2.05, 4.69) is 22.6 Å². The molecule has 1 amide bonds. The standard InChI is InChI=1S/C13H27N3O/c1-11(2)13(17)15-7-6-14-10-12-4-8-16(3)9-5-12/h11-12,14H,4-10H2,1-3H3,(H,15,17). The molecule has 0 aliphatic carbocycles. The maximum Gasteiger partial charge on any atom is 0.222 e. The normalized spacial score (nSPS) is 18.6. The summed E-state index contributed by atoms with van der Waals surface area (Å²) in [5.74, 6) is 1.04. The number of amides is 1. The van der Waals surface area contributed by atoms with Crippen molar-refractivity contribution in [3.63, 3.8) is 0 Å². The Morgan fingerprint density at radius 1 is 1.29 bits per heavy atom. The average molecular weight is 241 g/mol. The summed E-state index contributed by atoms with van der Waals surface area (Å²) in [6.07, 6.45) is 2.59. The lowest BCUT2D eigenvalue weighted by Crippen LogP contribution is -2.38. The van der Waals surface area contributed by atoms with Crippen LogP contribution in [0.1, 0.15) is 26.7 Å². The maximum atomic E-state index is 11.3. The van der Waals surface area contributed by atoms with Crippen LogP contribution in [0.25, 0.3) is 0 Å². The van der Waals surface area contributed by atoms with Crippen molar-refractivity contribution < 1.29 is 4.79 Å². The molecule has 0 unspecified atom stereocenters. The van der Waals surface area contributed by atoms with Crippen molar-refractivity contribution in [1.82, 2.24) is 15.5 Å². The molecule has 0 aromatic heterocycles. The van der Waals surface area contributed by atoms with Crippen molar-refractivity contribution in [2.45, 2.75) is 26.7 Å². The lowest BCUT2D eigenvalue weighted by molar-refractivity contribution is -0.123. The van der Waals surface area contributed by atoms with Crippen LogP contribution in [0.4, 0.5) is 0 Å². The zero-order chi connectivity index (χ0) is 12.7. The molecular formula is C13H27N3O. The monoisotopic (exact) mass is 241 g/mol. The number of likely N-dealkylation sites (tertiary alicyclic amines) is 1. The molecule has 1 aliphatic rings. The van der Waals surface area contributed by atoms with E-state index in [0.29, 0.717) is 0 Å². The first kappa shape index (κ1) is 14.5. The molecule has 0 aromatic carbocycles. The molecule has 0 atom stereocenters. The third kappa shape index (κ3) is 6.03. The van der Waals surface area contributed by atoms with Gasteiger partial charge in [0, 0.05) is 19.0 Å². The number of carbonyl (C=O) groups is 1. The summed E-state index contributed by atoms with van der Waals surface area (Å²) in [5, 5.41) is 6.35. The van der Waals surface area contributed by atoms with Crippen LogP contribution in [0.3, 0.4) is 0 Å². The van der Waals surface area contributed by atoms with Gasteiger partial charge in [-0.15, -0.1) is 0 Å². The molecule has 0 spiro atoms. The molecule has 4 heteroatoms. The molecule has 1 rings (SSSR count). The van der Waals surface area contributed by atoms with Gasteiger partial charge in [-0.25, -0.2) is 0 Å².